The highest BCUT2D eigenvalue weighted by atomic mass is 16.3. The topological polar surface area (TPSA) is 69.6 Å². The third kappa shape index (κ3) is 4.06. The van der Waals surface area contributed by atoms with Crippen LogP contribution in [0, 0.1) is 0 Å². The van der Waals surface area contributed by atoms with E-state index in [1.165, 1.54) is 6.92 Å². The molecule has 5 nitrogen and oxygen atoms in total. The van der Waals surface area contributed by atoms with E-state index in [0.29, 0.717) is 19.0 Å². The number of nitrogens with zero attached hydrogens (tertiary/aromatic N) is 1. The zero-order chi connectivity index (χ0) is 14.5. The number of carbonyl (C=O) groups excluding carboxylic acids is 2. The molecule has 1 aromatic rings. The lowest BCUT2D eigenvalue weighted by atomic mass is 10.1. The summed E-state index contributed by atoms with van der Waals surface area (Å²) in [5, 5.41) is 11.7. The maximum absolute atomic E-state index is 12.2. The monoisotopic (exact) mass is 276 g/mol. The van der Waals surface area contributed by atoms with Gasteiger partial charge in [-0.25, -0.2) is 0 Å². The molecule has 0 aromatic heterocycles. The van der Waals surface area contributed by atoms with Gasteiger partial charge in [-0.3, -0.25) is 9.59 Å². The van der Waals surface area contributed by atoms with Crippen LogP contribution in [-0.2, 0) is 16.0 Å². The van der Waals surface area contributed by atoms with Gasteiger partial charge in [-0.05, 0) is 30.5 Å². The number of amides is 2. The molecule has 0 aliphatic heterocycles. The van der Waals surface area contributed by atoms with Crippen LogP contribution in [0.4, 0.5) is 5.69 Å². The average molecular weight is 276 g/mol. The van der Waals surface area contributed by atoms with Gasteiger partial charge in [-0.2, -0.15) is 0 Å². The van der Waals surface area contributed by atoms with Gasteiger partial charge in [-0.15, -0.1) is 0 Å². The molecule has 0 radical (unpaired) electrons. The predicted octanol–water partition coefficient (Wildman–Crippen LogP) is 1.17. The molecule has 20 heavy (non-hydrogen) atoms. The summed E-state index contributed by atoms with van der Waals surface area (Å²) in [6.45, 7) is 1.87. The molecule has 2 rings (SSSR count). The van der Waals surface area contributed by atoms with Crippen LogP contribution in [0.1, 0.15) is 25.3 Å². The molecule has 1 fully saturated rings. The summed E-state index contributed by atoms with van der Waals surface area (Å²) in [6, 6.07) is 7.57. The summed E-state index contributed by atoms with van der Waals surface area (Å²) < 4.78 is 0. The maximum Gasteiger partial charge on any atom is 0.227 e. The maximum atomic E-state index is 12.2. The summed E-state index contributed by atoms with van der Waals surface area (Å²) >= 11 is 0. The molecule has 5 heteroatoms. The van der Waals surface area contributed by atoms with Gasteiger partial charge in [0.2, 0.25) is 11.8 Å². The van der Waals surface area contributed by atoms with Gasteiger partial charge in [-0.1, -0.05) is 12.1 Å². The SMILES string of the molecule is CC(=O)Nc1ccc(CC(=O)N(CCO)C2CC2)cc1. The second-order valence-corrected chi connectivity index (χ2v) is 5.10. The zero-order valence-corrected chi connectivity index (χ0v) is 11.6. The summed E-state index contributed by atoms with van der Waals surface area (Å²) in [5.41, 5.74) is 1.63. The number of aliphatic hydroxyl groups excluding tert-OH is 1. The van der Waals surface area contributed by atoms with E-state index in [2.05, 4.69) is 5.32 Å². The van der Waals surface area contributed by atoms with E-state index in [9.17, 15) is 9.59 Å². The van der Waals surface area contributed by atoms with Crippen molar-refractivity contribution in [1.29, 1.82) is 0 Å². The van der Waals surface area contributed by atoms with E-state index in [1.54, 1.807) is 17.0 Å². The number of anilines is 1. The molecule has 0 unspecified atom stereocenters. The van der Waals surface area contributed by atoms with Crippen LogP contribution in [0.15, 0.2) is 24.3 Å². The van der Waals surface area contributed by atoms with Gasteiger partial charge in [0.25, 0.3) is 0 Å². The molecule has 1 aliphatic carbocycles. The van der Waals surface area contributed by atoms with E-state index >= 15 is 0 Å². The van der Waals surface area contributed by atoms with E-state index < -0.39 is 0 Å². The van der Waals surface area contributed by atoms with E-state index in [0.717, 1.165) is 24.1 Å². The van der Waals surface area contributed by atoms with E-state index in [-0.39, 0.29) is 18.4 Å². The van der Waals surface area contributed by atoms with Gasteiger partial charge >= 0.3 is 0 Å². The van der Waals surface area contributed by atoms with Crippen molar-refractivity contribution in [2.75, 3.05) is 18.5 Å². The molecule has 2 amide bonds. The fourth-order valence-corrected chi connectivity index (χ4v) is 2.19. The first-order chi connectivity index (χ1) is 9.60. The Morgan fingerprint density at radius 2 is 1.95 bits per heavy atom. The summed E-state index contributed by atoms with van der Waals surface area (Å²) in [5.74, 6) is -0.0643. The Balaban J connectivity index is 1.94. The van der Waals surface area contributed by atoms with Gasteiger partial charge in [0.1, 0.15) is 0 Å². The van der Waals surface area contributed by atoms with Crippen molar-refractivity contribution in [3.63, 3.8) is 0 Å². The number of nitrogens with one attached hydrogen (secondary N) is 1. The number of benzene rings is 1. The number of aliphatic hydroxyl groups is 1. The lowest BCUT2D eigenvalue weighted by molar-refractivity contribution is -0.131. The second kappa shape index (κ2) is 6.52. The predicted molar refractivity (Wildman–Crippen MR) is 76.3 cm³/mol. The van der Waals surface area contributed by atoms with Crippen molar-refractivity contribution in [3.8, 4) is 0 Å². The third-order valence-electron chi connectivity index (χ3n) is 3.28. The van der Waals surface area contributed by atoms with Crippen molar-refractivity contribution in [2.45, 2.75) is 32.2 Å². The average Bonchev–Trinajstić information content (AvgIpc) is 3.22. The number of rotatable bonds is 6. The lowest BCUT2D eigenvalue weighted by Gasteiger charge is -2.21. The van der Waals surface area contributed by atoms with E-state index in [1.807, 2.05) is 12.1 Å². The van der Waals surface area contributed by atoms with Crippen molar-refractivity contribution < 1.29 is 14.7 Å². The Kier molecular flexibility index (Phi) is 4.74. The molecular weight excluding hydrogens is 256 g/mol. The van der Waals surface area contributed by atoms with Crippen LogP contribution in [-0.4, -0.2) is 41.0 Å². The number of hydrogen-bond donors (Lipinski definition) is 2. The minimum atomic E-state index is -0.114. The fourth-order valence-electron chi connectivity index (χ4n) is 2.19. The minimum absolute atomic E-state index is 0.00368. The molecule has 1 aliphatic rings. The highest BCUT2D eigenvalue weighted by molar-refractivity contribution is 5.88. The molecule has 0 atom stereocenters. The van der Waals surface area contributed by atoms with Gasteiger partial charge in [0, 0.05) is 25.2 Å². The Morgan fingerprint density at radius 1 is 1.30 bits per heavy atom. The Morgan fingerprint density at radius 3 is 2.45 bits per heavy atom. The quantitative estimate of drug-likeness (QED) is 0.819. The number of hydrogen-bond acceptors (Lipinski definition) is 3. The van der Waals surface area contributed by atoms with Gasteiger partial charge in [0.15, 0.2) is 0 Å². The molecule has 0 heterocycles. The smallest absolute Gasteiger partial charge is 0.227 e. The number of carbonyl (C=O) groups is 2. The highest BCUT2D eigenvalue weighted by Gasteiger charge is 2.31. The van der Waals surface area contributed by atoms with E-state index in [4.69, 9.17) is 5.11 Å². The first-order valence-electron chi connectivity index (χ1n) is 6.87. The first kappa shape index (κ1) is 14.5. The van der Waals surface area contributed by atoms with Gasteiger partial charge < -0.3 is 15.3 Å². The minimum Gasteiger partial charge on any atom is -0.395 e. The Hall–Kier alpha value is -1.88. The third-order valence-corrected chi connectivity index (χ3v) is 3.28. The molecule has 1 aromatic carbocycles. The van der Waals surface area contributed by atoms with Gasteiger partial charge in [0.05, 0.1) is 13.0 Å². The standard InChI is InChI=1S/C15H20N2O3/c1-11(19)16-13-4-2-12(3-5-13)10-15(20)17(8-9-18)14-6-7-14/h2-5,14,18H,6-10H2,1H3,(H,16,19). The molecule has 2 N–H and O–H groups in total. The van der Waals surface area contributed by atoms with Crippen LogP contribution in [0.2, 0.25) is 0 Å². The highest BCUT2D eigenvalue weighted by Crippen LogP contribution is 2.27. The second-order valence-electron chi connectivity index (χ2n) is 5.10. The van der Waals surface area contributed by atoms with Crippen molar-refractivity contribution in [1.82, 2.24) is 4.90 Å². The van der Waals surface area contributed by atoms with Crippen LogP contribution >= 0.6 is 0 Å². The molecular formula is C15H20N2O3. The largest absolute Gasteiger partial charge is 0.395 e. The normalized spacial score (nSPS) is 13.9. The summed E-state index contributed by atoms with van der Waals surface area (Å²) in [7, 11) is 0. The molecule has 0 bridgehead atoms. The molecule has 0 spiro atoms. The van der Waals surface area contributed by atoms with Crippen molar-refractivity contribution in [3.05, 3.63) is 29.8 Å². The van der Waals surface area contributed by atoms with Crippen LogP contribution in [0.5, 0.6) is 0 Å². The molecule has 1 saturated carbocycles. The Labute approximate surface area is 118 Å². The summed E-state index contributed by atoms with van der Waals surface area (Å²) in [4.78, 5) is 24.9. The van der Waals surface area contributed by atoms with Crippen molar-refractivity contribution in [2.24, 2.45) is 0 Å². The van der Waals surface area contributed by atoms with Crippen LogP contribution in [0.25, 0.3) is 0 Å². The molecule has 0 saturated heterocycles. The first-order valence-corrected chi connectivity index (χ1v) is 6.87. The van der Waals surface area contributed by atoms with Crippen LogP contribution < -0.4 is 5.32 Å². The Bertz CT molecular complexity index is 480. The van der Waals surface area contributed by atoms with Crippen molar-refractivity contribution >= 4 is 17.5 Å². The lowest BCUT2D eigenvalue weighted by Crippen LogP contribution is -2.36. The zero-order valence-electron chi connectivity index (χ0n) is 11.6. The molecule has 108 valence electrons. The summed E-state index contributed by atoms with van der Waals surface area (Å²) in [6.07, 6.45) is 2.40. The van der Waals surface area contributed by atoms with Crippen LogP contribution in [0.3, 0.4) is 0 Å². The fraction of sp³-hybridized carbons (Fsp3) is 0.467.